The zero-order valence-corrected chi connectivity index (χ0v) is 14.2. The molecule has 1 atom stereocenters. The Balaban J connectivity index is 2.05. The number of carboxylic acids is 1. The number of fused-ring (bicyclic) bond motifs is 1. The molecule has 26 heavy (non-hydrogen) atoms. The standard InChI is InChI=1S/C19H17NO6/c1-3-25-19-16(17(22)13-8-10(2)4-7-15(13)26-19)20-11-5-6-12(18(23)24)14(21)9-11/h4-9,19,21H,3H2,1-2H3,(H,23,24). The van der Waals surface area contributed by atoms with Crippen LogP contribution in [0.4, 0.5) is 5.69 Å². The molecule has 0 amide bonds. The first-order chi connectivity index (χ1) is 12.4. The van der Waals surface area contributed by atoms with Gasteiger partial charge in [0.25, 0.3) is 0 Å². The zero-order valence-electron chi connectivity index (χ0n) is 14.2. The first-order valence-corrected chi connectivity index (χ1v) is 7.99. The number of aliphatic imine (C=N–C) groups is 1. The van der Waals surface area contributed by atoms with E-state index in [2.05, 4.69) is 4.99 Å². The summed E-state index contributed by atoms with van der Waals surface area (Å²) < 4.78 is 11.2. The average Bonchev–Trinajstić information content (AvgIpc) is 2.59. The molecule has 1 unspecified atom stereocenters. The number of hydrogen-bond acceptors (Lipinski definition) is 6. The van der Waals surface area contributed by atoms with Gasteiger partial charge in [-0.15, -0.1) is 0 Å². The van der Waals surface area contributed by atoms with Crippen molar-refractivity contribution in [2.24, 2.45) is 4.99 Å². The Hall–Kier alpha value is -3.19. The molecule has 2 aromatic rings. The number of Topliss-reactive ketones (excluding diaryl/α,β-unsaturated/α-hetero) is 1. The van der Waals surface area contributed by atoms with Crippen LogP contribution >= 0.6 is 0 Å². The van der Waals surface area contributed by atoms with Gasteiger partial charge >= 0.3 is 5.97 Å². The predicted octanol–water partition coefficient (Wildman–Crippen LogP) is 3.11. The van der Waals surface area contributed by atoms with Crippen LogP contribution in [-0.2, 0) is 4.74 Å². The van der Waals surface area contributed by atoms with Crippen LogP contribution in [0.15, 0.2) is 41.4 Å². The first-order valence-electron chi connectivity index (χ1n) is 7.99. The number of carboxylic acid groups (broad SMARTS) is 1. The molecule has 134 valence electrons. The molecule has 0 bridgehead atoms. The van der Waals surface area contributed by atoms with E-state index in [0.29, 0.717) is 17.9 Å². The number of nitrogens with zero attached hydrogens (tertiary/aromatic N) is 1. The van der Waals surface area contributed by atoms with Crippen LogP contribution < -0.4 is 4.74 Å². The third-order valence-corrected chi connectivity index (χ3v) is 3.85. The third kappa shape index (κ3) is 3.29. The fraction of sp³-hybridized carbons (Fsp3) is 0.211. The second kappa shape index (κ2) is 6.97. The van der Waals surface area contributed by atoms with Crippen molar-refractivity contribution < 1.29 is 29.3 Å². The summed E-state index contributed by atoms with van der Waals surface area (Å²) in [5, 5.41) is 18.8. The maximum atomic E-state index is 12.9. The summed E-state index contributed by atoms with van der Waals surface area (Å²) >= 11 is 0. The van der Waals surface area contributed by atoms with Crippen LogP contribution in [0.5, 0.6) is 11.5 Å². The summed E-state index contributed by atoms with van der Waals surface area (Å²) in [5.74, 6) is -1.61. The second-order valence-electron chi connectivity index (χ2n) is 5.74. The smallest absolute Gasteiger partial charge is 0.339 e. The van der Waals surface area contributed by atoms with Crippen LogP contribution in [0.25, 0.3) is 0 Å². The molecule has 2 aromatic carbocycles. The quantitative estimate of drug-likeness (QED) is 0.873. The Morgan fingerprint density at radius 2 is 2.04 bits per heavy atom. The normalized spacial score (nSPS) is 17.7. The molecule has 0 spiro atoms. The van der Waals surface area contributed by atoms with Gasteiger partial charge in [-0.3, -0.25) is 4.79 Å². The van der Waals surface area contributed by atoms with E-state index in [1.165, 1.54) is 18.2 Å². The number of benzene rings is 2. The lowest BCUT2D eigenvalue weighted by molar-refractivity contribution is -0.0285. The molecule has 0 aliphatic carbocycles. The van der Waals surface area contributed by atoms with Crippen molar-refractivity contribution in [3.8, 4) is 11.5 Å². The van der Waals surface area contributed by atoms with Gasteiger partial charge in [0.1, 0.15) is 17.1 Å². The number of aryl methyl sites for hydroxylation is 1. The Morgan fingerprint density at radius 1 is 1.27 bits per heavy atom. The van der Waals surface area contributed by atoms with Crippen LogP contribution in [-0.4, -0.2) is 40.6 Å². The Kier molecular flexibility index (Phi) is 4.73. The molecule has 1 aliphatic heterocycles. The predicted molar refractivity (Wildman–Crippen MR) is 93.7 cm³/mol. The summed E-state index contributed by atoms with van der Waals surface area (Å²) in [7, 11) is 0. The molecule has 7 nitrogen and oxygen atoms in total. The average molecular weight is 355 g/mol. The van der Waals surface area contributed by atoms with E-state index in [0.717, 1.165) is 5.56 Å². The van der Waals surface area contributed by atoms with Gasteiger partial charge in [0.15, 0.2) is 5.71 Å². The number of aromatic hydroxyl groups is 1. The van der Waals surface area contributed by atoms with Crippen molar-refractivity contribution >= 4 is 23.2 Å². The van der Waals surface area contributed by atoms with Crippen molar-refractivity contribution in [2.45, 2.75) is 20.1 Å². The van der Waals surface area contributed by atoms with Crippen LogP contribution in [0, 0.1) is 6.92 Å². The lowest BCUT2D eigenvalue weighted by Gasteiger charge is -2.26. The largest absolute Gasteiger partial charge is 0.507 e. The molecule has 0 radical (unpaired) electrons. The van der Waals surface area contributed by atoms with Crippen molar-refractivity contribution in [3.05, 3.63) is 53.1 Å². The SMILES string of the molecule is CCOC1Oc2ccc(C)cc2C(=O)C1=Nc1ccc(C(=O)O)c(O)c1. The van der Waals surface area contributed by atoms with Gasteiger partial charge < -0.3 is 19.7 Å². The van der Waals surface area contributed by atoms with E-state index in [1.807, 2.05) is 13.0 Å². The van der Waals surface area contributed by atoms with E-state index < -0.39 is 18.0 Å². The minimum atomic E-state index is -1.25. The van der Waals surface area contributed by atoms with E-state index in [-0.39, 0.29) is 22.7 Å². The summed E-state index contributed by atoms with van der Waals surface area (Å²) in [5.41, 5.74) is 1.29. The Morgan fingerprint density at radius 3 is 2.69 bits per heavy atom. The highest BCUT2D eigenvalue weighted by atomic mass is 16.7. The molecule has 2 N–H and O–H groups in total. The molecule has 0 fully saturated rings. The van der Waals surface area contributed by atoms with Crippen molar-refractivity contribution in [1.82, 2.24) is 0 Å². The zero-order chi connectivity index (χ0) is 18.8. The molecular weight excluding hydrogens is 338 g/mol. The summed E-state index contributed by atoms with van der Waals surface area (Å²) in [4.78, 5) is 28.1. The van der Waals surface area contributed by atoms with E-state index in [1.54, 1.807) is 19.1 Å². The van der Waals surface area contributed by atoms with Gasteiger partial charge in [0.05, 0.1) is 11.3 Å². The van der Waals surface area contributed by atoms with Gasteiger partial charge in [-0.1, -0.05) is 11.6 Å². The second-order valence-corrected chi connectivity index (χ2v) is 5.74. The van der Waals surface area contributed by atoms with E-state index >= 15 is 0 Å². The van der Waals surface area contributed by atoms with E-state index in [4.69, 9.17) is 14.6 Å². The monoisotopic (exact) mass is 355 g/mol. The van der Waals surface area contributed by atoms with Gasteiger partial charge in [-0.2, -0.15) is 0 Å². The lowest BCUT2D eigenvalue weighted by atomic mass is 10.00. The maximum Gasteiger partial charge on any atom is 0.339 e. The maximum absolute atomic E-state index is 12.9. The number of carbonyl (C=O) groups is 2. The van der Waals surface area contributed by atoms with Crippen molar-refractivity contribution in [3.63, 3.8) is 0 Å². The number of ketones is 1. The molecule has 3 rings (SSSR count). The minimum Gasteiger partial charge on any atom is -0.507 e. The van der Waals surface area contributed by atoms with Crippen molar-refractivity contribution in [1.29, 1.82) is 0 Å². The third-order valence-electron chi connectivity index (χ3n) is 3.85. The summed E-state index contributed by atoms with van der Waals surface area (Å²) in [6.45, 7) is 3.94. The van der Waals surface area contributed by atoms with Gasteiger partial charge in [0.2, 0.25) is 12.1 Å². The molecule has 7 heteroatoms. The summed E-state index contributed by atoms with van der Waals surface area (Å²) in [6.07, 6.45) is -0.982. The number of ether oxygens (including phenoxy) is 2. The topological polar surface area (TPSA) is 105 Å². The van der Waals surface area contributed by atoms with Gasteiger partial charge in [-0.05, 0) is 38.1 Å². The number of phenols is 1. The fourth-order valence-corrected chi connectivity index (χ4v) is 2.62. The molecule has 1 heterocycles. The molecule has 1 aliphatic rings. The molecule has 0 aromatic heterocycles. The molecular formula is C19H17NO6. The Bertz CT molecular complexity index is 918. The van der Waals surface area contributed by atoms with E-state index in [9.17, 15) is 14.7 Å². The highest BCUT2D eigenvalue weighted by Crippen LogP contribution is 2.30. The van der Waals surface area contributed by atoms with Crippen LogP contribution in [0.1, 0.15) is 33.2 Å². The van der Waals surface area contributed by atoms with Gasteiger partial charge in [-0.25, -0.2) is 9.79 Å². The minimum absolute atomic E-state index is 0.0347. The van der Waals surface area contributed by atoms with Crippen molar-refractivity contribution in [2.75, 3.05) is 6.61 Å². The highest BCUT2D eigenvalue weighted by Gasteiger charge is 2.34. The highest BCUT2D eigenvalue weighted by molar-refractivity contribution is 6.48. The number of rotatable bonds is 4. The molecule has 0 saturated carbocycles. The van der Waals surface area contributed by atoms with Gasteiger partial charge in [0, 0.05) is 12.7 Å². The number of aromatic carboxylic acids is 1. The molecule has 0 saturated heterocycles. The summed E-state index contributed by atoms with van der Waals surface area (Å²) in [6, 6.07) is 9.05. The number of carbonyl (C=O) groups excluding carboxylic acids is 1. The van der Waals surface area contributed by atoms with Crippen LogP contribution in [0.3, 0.4) is 0 Å². The number of hydrogen-bond donors (Lipinski definition) is 2. The lowest BCUT2D eigenvalue weighted by Crippen LogP contribution is -2.40. The Labute approximate surface area is 149 Å². The van der Waals surface area contributed by atoms with Crippen LogP contribution in [0.2, 0.25) is 0 Å². The fourth-order valence-electron chi connectivity index (χ4n) is 2.62. The first kappa shape index (κ1) is 17.6.